The fourth-order valence-corrected chi connectivity index (χ4v) is 4.99. The van der Waals surface area contributed by atoms with Gasteiger partial charge in [0.2, 0.25) is 5.84 Å². The standard InChI is InChI=1S/C26H20ClN3O3S.C2HF3O2/c27-19-5-4-8-23(16-19)34(31,32)30-20-11-14-24-25(17-20)29-26(28-24)15-18-9-12-22(13-10-18)33-21-6-2-1-3-7-21;3-2(4,5)1(6)7/h1-14,16-17,30H,15H2,(H,28,29);(H,6,7)/p+1. The van der Waals surface area contributed by atoms with Crippen LogP contribution in [0.15, 0.2) is 107 Å². The van der Waals surface area contributed by atoms with Crippen molar-refractivity contribution in [3.05, 3.63) is 108 Å². The minimum atomic E-state index is -5.08. The zero-order valence-corrected chi connectivity index (χ0v) is 22.5. The molecule has 8 nitrogen and oxygen atoms in total. The Kier molecular flexibility index (Phi) is 8.96. The normalized spacial score (nSPS) is 12.4. The van der Waals surface area contributed by atoms with Gasteiger partial charge in [0, 0.05) is 11.1 Å². The molecule has 0 atom stereocenters. The van der Waals surface area contributed by atoms with Crippen LogP contribution in [-0.2, 0) is 21.2 Å². The molecule has 0 bridgehead atoms. The highest BCUT2D eigenvalue weighted by Gasteiger charge is 2.38. The van der Waals surface area contributed by atoms with Crippen LogP contribution in [0, 0.1) is 0 Å². The van der Waals surface area contributed by atoms with Crippen molar-refractivity contribution in [3.8, 4) is 11.5 Å². The van der Waals surface area contributed by atoms with Gasteiger partial charge < -0.3 is 9.84 Å². The van der Waals surface area contributed by atoms with E-state index in [2.05, 4.69) is 9.71 Å². The summed E-state index contributed by atoms with van der Waals surface area (Å²) in [6.45, 7) is 0. The van der Waals surface area contributed by atoms with Crippen LogP contribution in [-0.4, -0.2) is 31.5 Å². The maximum absolute atomic E-state index is 12.7. The SMILES string of the molecule is O=C(O)C(F)(F)F.O=S(=O)(Nc1ccc2c(c1)N=C(Cc1ccc(Oc3ccccc3)cc1)[NH2+]2)c1cccc(Cl)c1. The van der Waals surface area contributed by atoms with E-state index < -0.39 is 22.2 Å². The maximum atomic E-state index is 12.7. The molecule has 5 rings (SSSR count). The van der Waals surface area contributed by atoms with E-state index in [0.29, 0.717) is 17.1 Å². The minimum absolute atomic E-state index is 0.107. The number of aliphatic carboxylic acids is 1. The van der Waals surface area contributed by atoms with E-state index in [4.69, 9.17) is 26.2 Å². The second-order valence-corrected chi connectivity index (χ2v) is 10.7. The number of para-hydroxylation sites is 1. The number of benzene rings is 4. The van der Waals surface area contributed by atoms with Gasteiger partial charge in [0.05, 0.1) is 17.0 Å². The van der Waals surface area contributed by atoms with Gasteiger partial charge in [-0.3, -0.25) is 10.0 Å². The summed E-state index contributed by atoms with van der Waals surface area (Å²) in [5.74, 6) is -0.290. The lowest BCUT2D eigenvalue weighted by atomic mass is 10.1. The smallest absolute Gasteiger partial charge is 0.475 e. The molecule has 1 heterocycles. The van der Waals surface area contributed by atoms with Crippen molar-refractivity contribution in [1.29, 1.82) is 0 Å². The van der Waals surface area contributed by atoms with Gasteiger partial charge in [-0.1, -0.05) is 48.0 Å². The third-order valence-corrected chi connectivity index (χ3v) is 7.12. The lowest BCUT2D eigenvalue weighted by Gasteiger charge is -2.08. The number of carbonyl (C=O) groups is 1. The molecule has 0 unspecified atom stereocenters. The molecule has 0 aromatic heterocycles. The minimum Gasteiger partial charge on any atom is -0.475 e. The fourth-order valence-electron chi connectivity index (χ4n) is 3.64. The number of nitrogens with zero attached hydrogens (tertiary/aromatic N) is 1. The van der Waals surface area contributed by atoms with Crippen LogP contribution in [0.1, 0.15) is 5.56 Å². The number of amidine groups is 1. The molecule has 4 N–H and O–H groups in total. The van der Waals surface area contributed by atoms with Crippen LogP contribution in [0.5, 0.6) is 11.5 Å². The number of nitrogens with one attached hydrogen (secondary N) is 1. The van der Waals surface area contributed by atoms with Crippen LogP contribution >= 0.6 is 11.6 Å². The number of aliphatic imine (C=N–C) groups is 1. The number of nitrogens with two attached hydrogens (primary N) is 1. The van der Waals surface area contributed by atoms with E-state index >= 15 is 0 Å². The van der Waals surface area contributed by atoms with E-state index in [1.807, 2.05) is 66.0 Å². The predicted molar refractivity (Wildman–Crippen MR) is 148 cm³/mol. The van der Waals surface area contributed by atoms with Crippen LogP contribution in [0.3, 0.4) is 0 Å². The molecule has 0 saturated heterocycles. The molecule has 13 heteroatoms. The fraction of sp³-hybridized carbons (Fsp3) is 0.0714. The van der Waals surface area contributed by atoms with Crippen molar-refractivity contribution in [2.75, 3.05) is 4.72 Å². The van der Waals surface area contributed by atoms with Crippen molar-refractivity contribution < 1.29 is 41.5 Å². The third kappa shape index (κ3) is 8.30. The lowest BCUT2D eigenvalue weighted by molar-refractivity contribution is -0.440. The maximum Gasteiger partial charge on any atom is 0.490 e. The summed E-state index contributed by atoms with van der Waals surface area (Å²) in [4.78, 5) is 13.7. The summed E-state index contributed by atoms with van der Waals surface area (Å²) < 4.78 is 65.5. The summed E-state index contributed by atoms with van der Waals surface area (Å²) in [6.07, 6.45) is -4.43. The largest absolute Gasteiger partial charge is 0.490 e. The first-order valence-electron chi connectivity index (χ1n) is 11.9. The number of hydrogen-bond donors (Lipinski definition) is 3. The highest BCUT2D eigenvalue weighted by atomic mass is 35.5. The van der Waals surface area contributed by atoms with Crippen LogP contribution in [0.25, 0.3) is 0 Å². The molecule has 212 valence electrons. The van der Waals surface area contributed by atoms with E-state index in [-0.39, 0.29) is 4.90 Å². The number of sulfonamides is 1. The first kappa shape index (κ1) is 29.6. The number of quaternary nitrogens is 1. The van der Waals surface area contributed by atoms with Crippen LogP contribution in [0.4, 0.5) is 30.2 Å². The van der Waals surface area contributed by atoms with Gasteiger partial charge in [0.15, 0.2) is 5.69 Å². The number of anilines is 1. The average Bonchev–Trinajstić information content (AvgIpc) is 3.31. The Bertz CT molecular complexity index is 1680. The van der Waals surface area contributed by atoms with E-state index in [9.17, 15) is 21.6 Å². The van der Waals surface area contributed by atoms with E-state index in [1.165, 1.54) is 12.1 Å². The Labute approximate surface area is 238 Å². The Morgan fingerprint density at radius 3 is 2.22 bits per heavy atom. The second kappa shape index (κ2) is 12.4. The number of hydrogen-bond acceptors (Lipinski definition) is 5. The topological polar surface area (TPSA) is 122 Å². The molecule has 4 aromatic rings. The van der Waals surface area contributed by atoms with Gasteiger partial charge in [0.25, 0.3) is 10.0 Å². The summed E-state index contributed by atoms with van der Waals surface area (Å²) in [5, 5.41) is 9.50. The molecule has 0 spiro atoms. The van der Waals surface area contributed by atoms with Crippen molar-refractivity contribution in [2.45, 2.75) is 17.5 Å². The van der Waals surface area contributed by atoms with Gasteiger partial charge in [-0.25, -0.2) is 13.2 Å². The van der Waals surface area contributed by atoms with E-state index in [0.717, 1.165) is 34.3 Å². The van der Waals surface area contributed by atoms with Crippen LogP contribution < -0.4 is 14.8 Å². The van der Waals surface area contributed by atoms with Crippen molar-refractivity contribution in [1.82, 2.24) is 0 Å². The molecular weight excluding hydrogens is 583 g/mol. The van der Waals surface area contributed by atoms with Crippen molar-refractivity contribution in [2.24, 2.45) is 4.99 Å². The number of carboxylic acids is 1. The Hall–Kier alpha value is -4.39. The number of rotatable bonds is 7. The lowest BCUT2D eigenvalue weighted by Crippen LogP contribution is -2.81. The van der Waals surface area contributed by atoms with Gasteiger partial charge in [0.1, 0.15) is 17.2 Å². The zero-order chi connectivity index (χ0) is 29.6. The molecule has 4 aromatic carbocycles. The number of halogens is 4. The summed E-state index contributed by atoms with van der Waals surface area (Å²) in [7, 11) is -3.75. The molecule has 41 heavy (non-hydrogen) atoms. The Balaban J connectivity index is 0.000000493. The molecule has 1 aliphatic rings. The quantitative estimate of drug-likeness (QED) is 0.222. The summed E-state index contributed by atoms with van der Waals surface area (Å²) in [6, 6.07) is 29.0. The number of fused-ring (bicyclic) bond motifs is 1. The van der Waals surface area contributed by atoms with Gasteiger partial charge in [-0.2, -0.15) is 18.2 Å². The van der Waals surface area contributed by atoms with Gasteiger partial charge in [-0.15, -0.1) is 0 Å². The first-order chi connectivity index (χ1) is 19.4. The van der Waals surface area contributed by atoms with Gasteiger partial charge in [-0.05, 0) is 60.2 Å². The Morgan fingerprint density at radius 1 is 0.927 bits per heavy atom. The zero-order valence-electron chi connectivity index (χ0n) is 21.0. The molecular formula is C28H22ClF3N3O5S+. The first-order valence-corrected chi connectivity index (χ1v) is 13.7. The molecule has 0 fully saturated rings. The monoisotopic (exact) mass is 604 g/mol. The van der Waals surface area contributed by atoms with Crippen molar-refractivity contribution in [3.63, 3.8) is 0 Å². The van der Waals surface area contributed by atoms with Gasteiger partial charge >= 0.3 is 12.1 Å². The average molecular weight is 605 g/mol. The molecule has 1 aliphatic heterocycles. The second-order valence-electron chi connectivity index (χ2n) is 8.62. The number of carboxylic acid groups (broad SMARTS) is 1. The summed E-state index contributed by atoms with van der Waals surface area (Å²) in [5.41, 5.74) is 3.22. The predicted octanol–water partition coefficient (Wildman–Crippen LogP) is 6.05. The molecule has 0 aliphatic carbocycles. The third-order valence-electron chi connectivity index (χ3n) is 5.51. The number of ether oxygens (including phenoxy) is 1. The Morgan fingerprint density at radius 2 is 1.59 bits per heavy atom. The highest BCUT2D eigenvalue weighted by molar-refractivity contribution is 7.92. The molecule has 0 radical (unpaired) electrons. The van der Waals surface area contributed by atoms with E-state index in [1.54, 1.807) is 24.3 Å². The molecule has 0 saturated carbocycles. The highest BCUT2D eigenvalue weighted by Crippen LogP contribution is 2.30. The van der Waals surface area contributed by atoms with Crippen LogP contribution in [0.2, 0.25) is 5.02 Å². The summed E-state index contributed by atoms with van der Waals surface area (Å²) >= 11 is 5.94. The van der Waals surface area contributed by atoms with Crippen molar-refractivity contribution >= 4 is 50.5 Å². The molecule has 0 amide bonds. The number of alkyl halides is 3.